The molecule has 3 heterocycles. The van der Waals surface area contributed by atoms with Gasteiger partial charge in [0.05, 0.1) is 25.0 Å². The lowest BCUT2D eigenvalue weighted by Crippen LogP contribution is -2.08. The summed E-state index contributed by atoms with van der Waals surface area (Å²) in [6.07, 6.45) is 2.94. The Kier molecular flexibility index (Phi) is 5.50. The fourth-order valence-electron chi connectivity index (χ4n) is 3.13. The van der Waals surface area contributed by atoms with Gasteiger partial charge in [-0.1, -0.05) is 0 Å². The maximum Gasteiger partial charge on any atom is 0.233 e. The van der Waals surface area contributed by atoms with Crippen LogP contribution < -0.4 is 19.5 Å². The van der Waals surface area contributed by atoms with Gasteiger partial charge in [0, 0.05) is 43.4 Å². The molecule has 1 aliphatic rings. The molecule has 0 bridgehead atoms. The number of aromatic nitrogens is 4. The van der Waals surface area contributed by atoms with Crippen LogP contribution in [0.15, 0.2) is 36.5 Å². The van der Waals surface area contributed by atoms with Gasteiger partial charge >= 0.3 is 0 Å². The summed E-state index contributed by atoms with van der Waals surface area (Å²) in [5.74, 6) is 2.73. The van der Waals surface area contributed by atoms with Crippen LogP contribution in [0.1, 0.15) is 25.8 Å². The maximum atomic E-state index is 5.82. The lowest BCUT2D eigenvalue weighted by Gasteiger charge is -2.10. The number of hydrogen-bond acceptors (Lipinski definition) is 7. The summed E-state index contributed by atoms with van der Waals surface area (Å²) in [6.45, 7) is 5.81. The van der Waals surface area contributed by atoms with E-state index in [0.717, 1.165) is 34.7 Å². The predicted octanol–water partition coefficient (Wildman–Crippen LogP) is 3.44. The van der Waals surface area contributed by atoms with Crippen LogP contribution in [-0.4, -0.2) is 39.3 Å². The fourth-order valence-corrected chi connectivity index (χ4v) is 3.13. The zero-order valence-electron chi connectivity index (χ0n) is 16.9. The molecule has 0 atom stereocenters. The second-order valence-corrected chi connectivity index (χ2v) is 7.17. The summed E-state index contributed by atoms with van der Waals surface area (Å²) in [7, 11) is 1.91. The van der Waals surface area contributed by atoms with Gasteiger partial charge in [0.25, 0.3) is 0 Å². The predicted molar refractivity (Wildman–Crippen MR) is 109 cm³/mol. The van der Waals surface area contributed by atoms with Gasteiger partial charge in [0.15, 0.2) is 11.5 Å². The number of fused-ring (bicyclic) bond motifs is 1. The Morgan fingerprint density at radius 1 is 1.10 bits per heavy atom. The number of rotatable bonds is 6. The van der Waals surface area contributed by atoms with Crippen LogP contribution in [0.4, 0.5) is 5.82 Å². The van der Waals surface area contributed by atoms with Crippen molar-refractivity contribution < 1.29 is 14.2 Å². The van der Waals surface area contributed by atoms with Crippen molar-refractivity contribution in [3.8, 4) is 28.6 Å². The van der Waals surface area contributed by atoms with E-state index in [1.165, 1.54) is 0 Å². The first-order chi connectivity index (χ1) is 14.1. The van der Waals surface area contributed by atoms with Crippen molar-refractivity contribution in [3.63, 3.8) is 0 Å². The molecular formula is C21H25N5O3. The minimum Gasteiger partial charge on any atom is -0.490 e. The van der Waals surface area contributed by atoms with Crippen LogP contribution in [0.2, 0.25) is 0 Å². The second kappa shape index (κ2) is 8.38. The summed E-state index contributed by atoms with van der Waals surface area (Å²) in [5.41, 5.74) is 2.92. The molecule has 0 fully saturated rings. The lowest BCUT2D eigenvalue weighted by molar-refractivity contribution is 0.230. The van der Waals surface area contributed by atoms with Crippen LogP contribution in [-0.2, 0) is 13.6 Å². The van der Waals surface area contributed by atoms with Crippen LogP contribution in [0.25, 0.3) is 11.3 Å². The number of hydrogen-bond donors (Lipinski definition) is 1. The van der Waals surface area contributed by atoms with Crippen molar-refractivity contribution in [1.82, 2.24) is 20.0 Å². The number of benzene rings is 1. The summed E-state index contributed by atoms with van der Waals surface area (Å²) in [5, 5.41) is 16.2. The lowest BCUT2D eigenvalue weighted by atomic mass is 10.1. The van der Waals surface area contributed by atoms with E-state index in [4.69, 9.17) is 14.2 Å². The van der Waals surface area contributed by atoms with Gasteiger partial charge in [-0.2, -0.15) is 5.10 Å². The van der Waals surface area contributed by atoms with Crippen LogP contribution in [0, 0.1) is 0 Å². The molecule has 8 nitrogen and oxygen atoms in total. The van der Waals surface area contributed by atoms with Gasteiger partial charge in [-0.25, -0.2) is 0 Å². The zero-order chi connectivity index (χ0) is 20.2. The molecule has 4 rings (SSSR count). The molecule has 1 N–H and O–H groups in total. The molecule has 1 aliphatic heterocycles. The highest BCUT2D eigenvalue weighted by Gasteiger charge is 2.16. The van der Waals surface area contributed by atoms with Crippen LogP contribution in [0.5, 0.6) is 17.4 Å². The van der Waals surface area contributed by atoms with Crippen molar-refractivity contribution in [1.29, 1.82) is 0 Å². The number of anilines is 1. The first-order valence-electron chi connectivity index (χ1n) is 9.75. The molecule has 29 heavy (non-hydrogen) atoms. The Hall–Kier alpha value is -3.29. The van der Waals surface area contributed by atoms with Crippen LogP contribution >= 0.6 is 0 Å². The Balaban J connectivity index is 1.51. The smallest absolute Gasteiger partial charge is 0.233 e. The summed E-state index contributed by atoms with van der Waals surface area (Å²) >= 11 is 0. The number of nitrogens with zero attached hydrogens (tertiary/aromatic N) is 4. The van der Waals surface area contributed by atoms with Gasteiger partial charge < -0.3 is 19.5 Å². The topological polar surface area (TPSA) is 83.3 Å². The SMILES string of the molecule is CC(C)Oc1ccc(NCc2cn(C)nc2-c2ccc3c(c2)OCCCO3)nn1. The molecule has 0 unspecified atom stereocenters. The van der Waals surface area contributed by atoms with Gasteiger partial charge in [-0.05, 0) is 38.1 Å². The average molecular weight is 395 g/mol. The minimum absolute atomic E-state index is 0.0661. The standard InChI is InChI=1S/C21H25N5O3/c1-14(2)29-20-8-7-19(23-24-20)22-12-16-13-26(3)25-21(16)15-5-6-17-18(11-15)28-10-4-9-27-17/h5-8,11,13-14H,4,9-10,12H2,1-3H3,(H,22,23). The highest BCUT2D eigenvalue weighted by molar-refractivity contribution is 5.67. The Morgan fingerprint density at radius 2 is 1.93 bits per heavy atom. The van der Waals surface area contributed by atoms with Gasteiger partial charge in [-0.3, -0.25) is 4.68 Å². The molecule has 0 radical (unpaired) electrons. The van der Waals surface area contributed by atoms with Crippen molar-refractivity contribution in [3.05, 3.63) is 42.1 Å². The fraction of sp³-hybridized carbons (Fsp3) is 0.381. The maximum absolute atomic E-state index is 5.82. The molecule has 0 amide bonds. The highest BCUT2D eigenvalue weighted by Crippen LogP contribution is 2.34. The van der Waals surface area contributed by atoms with Gasteiger partial charge in [-0.15, -0.1) is 10.2 Å². The highest BCUT2D eigenvalue weighted by atomic mass is 16.5. The van der Waals surface area contributed by atoms with E-state index in [1.807, 2.05) is 57.4 Å². The summed E-state index contributed by atoms with van der Waals surface area (Å²) in [6, 6.07) is 9.61. The number of aryl methyl sites for hydroxylation is 1. The molecule has 1 aromatic carbocycles. The first kappa shape index (κ1) is 19.0. The molecular weight excluding hydrogens is 370 g/mol. The third-order valence-corrected chi connectivity index (χ3v) is 4.38. The third-order valence-electron chi connectivity index (χ3n) is 4.38. The number of nitrogens with one attached hydrogen (secondary N) is 1. The first-order valence-corrected chi connectivity index (χ1v) is 9.75. The molecule has 2 aromatic heterocycles. The van der Waals surface area contributed by atoms with E-state index >= 15 is 0 Å². The van der Waals surface area contributed by atoms with E-state index in [9.17, 15) is 0 Å². The van der Waals surface area contributed by atoms with E-state index in [1.54, 1.807) is 4.68 Å². The Morgan fingerprint density at radius 3 is 2.69 bits per heavy atom. The number of ether oxygens (including phenoxy) is 3. The van der Waals surface area contributed by atoms with E-state index < -0.39 is 0 Å². The average Bonchev–Trinajstić information content (AvgIpc) is 2.92. The molecule has 8 heteroatoms. The molecule has 0 saturated carbocycles. The van der Waals surface area contributed by atoms with E-state index in [-0.39, 0.29) is 6.10 Å². The van der Waals surface area contributed by atoms with Crippen molar-refractivity contribution >= 4 is 5.82 Å². The molecule has 0 spiro atoms. The van der Waals surface area contributed by atoms with Crippen molar-refractivity contribution in [2.45, 2.75) is 32.9 Å². The summed E-state index contributed by atoms with van der Waals surface area (Å²) < 4.78 is 18.9. The van der Waals surface area contributed by atoms with Crippen molar-refractivity contribution in [2.75, 3.05) is 18.5 Å². The molecule has 3 aromatic rings. The van der Waals surface area contributed by atoms with Crippen molar-refractivity contribution in [2.24, 2.45) is 7.05 Å². The van der Waals surface area contributed by atoms with E-state index in [2.05, 4.69) is 20.6 Å². The third kappa shape index (κ3) is 4.59. The monoisotopic (exact) mass is 395 g/mol. The Bertz CT molecular complexity index is 969. The largest absolute Gasteiger partial charge is 0.490 e. The molecule has 0 saturated heterocycles. The molecule has 152 valence electrons. The van der Waals surface area contributed by atoms with Gasteiger partial charge in [0.2, 0.25) is 5.88 Å². The quantitative estimate of drug-likeness (QED) is 0.684. The molecule has 0 aliphatic carbocycles. The van der Waals surface area contributed by atoms with E-state index in [0.29, 0.717) is 31.5 Å². The minimum atomic E-state index is 0.0661. The zero-order valence-corrected chi connectivity index (χ0v) is 16.9. The second-order valence-electron chi connectivity index (χ2n) is 7.17. The van der Waals surface area contributed by atoms with Crippen LogP contribution in [0.3, 0.4) is 0 Å². The normalized spacial score (nSPS) is 13.2. The Labute approximate surface area is 169 Å². The van der Waals surface area contributed by atoms with Gasteiger partial charge in [0.1, 0.15) is 5.82 Å². The summed E-state index contributed by atoms with van der Waals surface area (Å²) in [4.78, 5) is 0.